The standard InChI is InChI=1S/C19H25F2N3O3/c1-19(18(20)21)12-23(9-10-27-19)17(26)15-8-7-14(16(22)25)24(15)11-13-5-3-2-4-6-13/h2-6,14-15,18H,7-12H2,1H3,(H2,22,25)/t14-,15+,19?/m1/s1. The molecular weight excluding hydrogens is 356 g/mol. The van der Waals surface area contributed by atoms with Crippen molar-refractivity contribution in [2.24, 2.45) is 5.73 Å². The summed E-state index contributed by atoms with van der Waals surface area (Å²) >= 11 is 0. The Labute approximate surface area is 157 Å². The van der Waals surface area contributed by atoms with Gasteiger partial charge in [0.1, 0.15) is 5.60 Å². The Morgan fingerprint density at radius 3 is 2.56 bits per heavy atom. The van der Waals surface area contributed by atoms with Gasteiger partial charge in [-0.3, -0.25) is 14.5 Å². The Morgan fingerprint density at radius 2 is 1.93 bits per heavy atom. The van der Waals surface area contributed by atoms with Crippen molar-refractivity contribution in [2.45, 2.75) is 50.4 Å². The molecule has 0 radical (unpaired) electrons. The molecule has 27 heavy (non-hydrogen) atoms. The molecule has 1 aromatic carbocycles. The van der Waals surface area contributed by atoms with E-state index in [2.05, 4.69) is 0 Å². The van der Waals surface area contributed by atoms with E-state index in [-0.39, 0.29) is 25.6 Å². The van der Waals surface area contributed by atoms with Crippen molar-refractivity contribution in [3.8, 4) is 0 Å². The van der Waals surface area contributed by atoms with Gasteiger partial charge in [-0.2, -0.15) is 0 Å². The number of hydrogen-bond acceptors (Lipinski definition) is 4. The highest BCUT2D eigenvalue weighted by molar-refractivity contribution is 5.86. The molecule has 0 bridgehead atoms. The molecule has 0 spiro atoms. The lowest BCUT2D eigenvalue weighted by Gasteiger charge is -2.41. The zero-order chi connectivity index (χ0) is 19.6. The molecule has 148 valence electrons. The van der Waals surface area contributed by atoms with Crippen LogP contribution in [0.3, 0.4) is 0 Å². The molecule has 2 heterocycles. The molecule has 1 unspecified atom stereocenters. The molecular formula is C19H25F2N3O3. The normalized spacial score (nSPS) is 29.3. The quantitative estimate of drug-likeness (QED) is 0.836. The highest BCUT2D eigenvalue weighted by atomic mass is 19.3. The Morgan fingerprint density at radius 1 is 1.26 bits per heavy atom. The van der Waals surface area contributed by atoms with Crippen LogP contribution in [0.5, 0.6) is 0 Å². The fourth-order valence-electron chi connectivity index (χ4n) is 3.87. The number of ether oxygens (including phenoxy) is 1. The average molecular weight is 381 g/mol. The molecule has 3 atom stereocenters. The van der Waals surface area contributed by atoms with Crippen LogP contribution in [0.25, 0.3) is 0 Å². The third kappa shape index (κ3) is 4.11. The predicted molar refractivity (Wildman–Crippen MR) is 94.9 cm³/mol. The number of hydrogen-bond donors (Lipinski definition) is 1. The minimum atomic E-state index is -2.68. The first-order valence-corrected chi connectivity index (χ1v) is 9.12. The number of rotatable bonds is 5. The van der Waals surface area contributed by atoms with E-state index in [0.29, 0.717) is 19.4 Å². The van der Waals surface area contributed by atoms with E-state index in [0.717, 1.165) is 5.56 Å². The van der Waals surface area contributed by atoms with Crippen molar-refractivity contribution >= 4 is 11.8 Å². The summed E-state index contributed by atoms with van der Waals surface area (Å²) in [5, 5.41) is 0. The van der Waals surface area contributed by atoms with E-state index in [1.807, 2.05) is 30.3 Å². The maximum atomic E-state index is 13.3. The molecule has 2 N–H and O–H groups in total. The van der Waals surface area contributed by atoms with Crippen molar-refractivity contribution in [1.82, 2.24) is 9.80 Å². The highest BCUT2D eigenvalue weighted by Crippen LogP contribution is 2.30. The van der Waals surface area contributed by atoms with E-state index < -0.39 is 30.0 Å². The van der Waals surface area contributed by atoms with Gasteiger partial charge in [-0.1, -0.05) is 30.3 Å². The molecule has 2 aliphatic rings. The van der Waals surface area contributed by atoms with Crippen LogP contribution in [0.2, 0.25) is 0 Å². The molecule has 2 fully saturated rings. The zero-order valence-corrected chi connectivity index (χ0v) is 15.3. The van der Waals surface area contributed by atoms with Gasteiger partial charge >= 0.3 is 0 Å². The molecule has 2 amide bonds. The van der Waals surface area contributed by atoms with Crippen LogP contribution in [-0.4, -0.2) is 65.4 Å². The number of carbonyl (C=O) groups is 2. The SMILES string of the molecule is CC1(C(F)F)CN(C(=O)[C@@H]2CC[C@H](C(N)=O)N2Cc2ccccc2)CCO1. The van der Waals surface area contributed by atoms with Gasteiger partial charge in [0.15, 0.2) is 0 Å². The maximum absolute atomic E-state index is 13.3. The second-order valence-corrected chi connectivity index (χ2v) is 7.39. The van der Waals surface area contributed by atoms with E-state index in [4.69, 9.17) is 10.5 Å². The summed E-state index contributed by atoms with van der Waals surface area (Å²) in [4.78, 5) is 28.2. The zero-order valence-electron chi connectivity index (χ0n) is 15.3. The number of likely N-dealkylation sites (tertiary alicyclic amines) is 1. The number of morpholine rings is 1. The van der Waals surface area contributed by atoms with Gasteiger partial charge in [0.05, 0.1) is 25.2 Å². The van der Waals surface area contributed by atoms with Crippen LogP contribution in [0.4, 0.5) is 8.78 Å². The van der Waals surface area contributed by atoms with Crippen LogP contribution in [0.1, 0.15) is 25.3 Å². The third-order valence-electron chi connectivity index (χ3n) is 5.41. The van der Waals surface area contributed by atoms with E-state index in [9.17, 15) is 18.4 Å². The summed E-state index contributed by atoms with van der Waals surface area (Å²) in [6.07, 6.45) is -1.73. The fraction of sp³-hybridized carbons (Fsp3) is 0.579. The maximum Gasteiger partial charge on any atom is 0.268 e. The second-order valence-electron chi connectivity index (χ2n) is 7.39. The van der Waals surface area contributed by atoms with E-state index >= 15 is 0 Å². The first kappa shape index (κ1) is 19.7. The first-order chi connectivity index (χ1) is 12.8. The monoisotopic (exact) mass is 381 g/mol. The molecule has 2 aliphatic heterocycles. The number of alkyl halides is 2. The smallest absolute Gasteiger partial charge is 0.268 e. The van der Waals surface area contributed by atoms with Crippen LogP contribution >= 0.6 is 0 Å². The van der Waals surface area contributed by atoms with Crippen molar-refractivity contribution in [2.75, 3.05) is 19.7 Å². The molecule has 8 heteroatoms. The number of primary amides is 1. The number of benzene rings is 1. The number of nitrogens with two attached hydrogens (primary N) is 1. The summed E-state index contributed by atoms with van der Waals surface area (Å²) in [5.41, 5.74) is 4.83. The minimum absolute atomic E-state index is 0.0667. The molecule has 0 aromatic heterocycles. The topological polar surface area (TPSA) is 75.9 Å². The van der Waals surface area contributed by atoms with Gasteiger partial charge in [-0.05, 0) is 25.3 Å². The average Bonchev–Trinajstić information content (AvgIpc) is 3.05. The van der Waals surface area contributed by atoms with Crippen LogP contribution in [0, 0.1) is 0 Å². The predicted octanol–water partition coefficient (Wildman–Crippen LogP) is 1.39. The number of halogens is 2. The van der Waals surface area contributed by atoms with Gasteiger partial charge in [0, 0.05) is 13.1 Å². The van der Waals surface area contributed by atoms with Gasteiger partial charge in [0.25, 0.3) is 6.43 Å². The van der Waals surface area contributed by atoms with Crippen molar-refractivity contribution < 1.29 is 23.1 Å². The van der Waals surface area contributed by atoms with Crippen molar-refractivity contribution in [3.63, 3.8) is 0 Å². The molecule has 2 saturated heterocycles. The van der Waals surface area contributed by atoms with Crippen LogP contribution in [0.15, 0.2) is 30.3 Å². The van der Waals surface area contributed by atoms with Gasteiger partial charge in [-0.25, -0.2) is 8.78 Å². The summed E-state index contributed by atoms with van der Waals surface area (Å²) in [6.45, 7) is 1.89. The lowest BCUT2D eigenvalue weighted by Crippen LogP contribution is -2.59. The summed E-state index contributed by atoms with van der Waals surface area (Å²) < 4.78 is 31.9. The third-order valence-corrected chi connectivity index (χ3v) is 5.41. The largest absolute Gasteiger partial charge is 0.368 e. The first-order valence-electron chi connectivity index (χ1n) is 9.12. The van der Waals surface area contributed by atoms with Gasteiger partial charge in [0.2, 0.25) is 11.8 Å². The Kier molecular flexibility index (Phi) is 5.76. The highest BCUT2D eigenvalue weighted by Gasteiger charge is 2.46. The Hall–Kier alpha value is -2.06. The van der Waals surface area contributed by atoms with Crippen molar-refractivity contribution in [3.05, 3.63) is 35.9 Å². The second kappa shape index (κ2) is 7.90. The number of carbonyl (C=O) groups excluding carboxylic acids is 2. The van der Waals surface area contributed by atoms with E-state index in [1.54, 1.807) is 4.90 Å². The summed E-state index contributed by atoms with van der Waals surface area (Å²) in [5.74, 6) is -0.717. The summed E-state index contributed by atoms with van der Waals surface area (Å²) in [6, 6.07) is 8.40. The lowest BCUT2D eigenvalue weighted by atomic mass is 10.0. The fourth-order valence-corrected chi connectivity index (χ4v) is 3.87. The molecule has 6 nitrogen and oxygen atoms in total. The Balaban J connectivity index is 1.78. The van der Waals surface area contributed by atoms with Gasteiger partial charge in [-0.15, -0.1) is 0 Å². The minimum Gasteiger partial charge on any atom is -0.368 e. The van der Waals surface area contributed by atoms with Crippen LogP contribution < -0.4 is 5.73 Å². The number of amides is 2. The van der Waals surface area contributed by atoms with Gasteiger partial charge < -0.3 is 15.4 Å². The molecule has 1 aromatic rings. The van der Waals surface area contributed by atoms with Crippen molar-refractivity contribution in [1.29, 1.82) is 0 Å². The lowest BCUT2D eigenvalue weighted by molar-refractivity contribution is -0.180. The van der Waals surface area contributed by atoms with Crippen LogP contribution in [-0.2, 0) is 20.9 Å². The molecule has 0 aliphatic carbocycles. The van der Waals surface area contributed by atoms with E-state index in [1.165, 1.54) is 11.8 Å². The number of nitrogens with zero attached hydrogens (tertiary/aromatic N) is 2. The Bertz CT molecular complexity index is 688. The summed E-state index contributed by atoms with van der Waals surface area (Å²) in [7, 11) is 0. The molecule has 0 saturated carbocycles. The molecule has 3 rings (SSSR count).